The quantitative estimate of drug-likeness (QED) is 0.684. The summed E-state index contributed by atoms with van der Waals surface area (Å²) in [6, 6.07) is 2.12. The normalized spacial score (nSPS) is 16.9. The van der Waals surface area contributed by atoms with Crippen LogP contribution in [0.25, 0.3) is 11.0 Å². The fourth-order valence-electron chi connectivity index (χ4n) is 2.88. The molecule has 1 aromatic heterocycles. The van der Waals surface area contributed by atoms with Crippen LogP contribution in [-0.4, -0.2) is 5.60 Å². The second-order valence-electron chi connectivity index (χ2n) is 6.37. The Bertz CT molecular complexity index is 766. The van der Waals surface area contributed by atoms with Crippen molar-refractivity contribution >= 4 is 11.0 Å². The number of fused-ring (bicyclic) bond motifs is 2. The summed E-state index contributed by atoms with van der Waals surface area (Å²) in [4.78, 5) is 11.9. The lowest BCUT2D eigenvalue weighted by Gasteiger charge is -2.33. The molecular weight excluding hydrogens is 252 g/mol. The second kappa shape index (κ2) is 4.11. The van der Waals surface area contributed by atoms with E-state index in [-0.39, 0.29) is 11.2 Å². The van der Waals surface area contributed by atoms with E-state index in [9.17, 15) is 4.79 Å². The predicted molar refractivity (Wildman–Crippen MR) is 79.7 cm³/mol. The van der Waals surface area contributed by atoms with E-state index in [2.05, 4.69) is 19.9 Å². The molecule has 3 nitrogen and oxygen atoms in total. The standard InChI is InChI=1S/C17H20O3/c1-9-10(2)16(18)19-15-11(3)14-12(8-13(9)15)6-7-17(4,5)20-14/h8H,6-7H2,1-5H3. The van der Waals surface area contributed by atoms with Crippen molar-refractivity contribution in [3.63, 3.8) is 0 Å². The van der Waals surface area contributed by atoms with Gasteiger partial charge in [-0.15, -0.1) is 0 Å². The third-order valence-corrected chi connectivity index (χ3v) is 4.38. The maximum Gasteiger partial charge on any atom is 0.339 e. The maximum absolute atomic E-state index is 11.9. The van der Waals surface area contributed by atoms with Crippen LogP contribution in [0, 0.1) is 20.8 Å². The Balaban J connectivity index is 2.37. The summed E-state index contributed by atoms with van der Waals surface area (Å²) in [5.41, 5.74) is 4.09. The van der Waals surface area contributed by atoms with Gasteiger partial charge >= 0.3 is 5.63 Å². The summed E-state index contributed by atoms with van der Waals surface area (Å²) in [6.07, 6.45) is 2.00. The van der Waals surface area contributed by atoms with Gasteiger partial charge in [-0.2, -0.15) is 0 Å². The molecule has 0 unspecified atom stereocenters. The van der Waals surface area contributed by atoms with Crippen LogP contribution in [0.5, 0.6) is 5.75 Å². The largest absolute Gasteiger partial charge is 0.487 e. The van der Waals surface area contributed by atoms with Gasteiger partial charge in [0.2, 0.25) is 0 Å². The molecule has 0 fully saturated rings. The smallest absolute Gasteiger partial charge is 0.339 e. The minimum absolute atomic E-state index is 0.161. The first kappa shape index (κ1) is 13.2. The molecule has 0 amide bonds. The molecular formula is C17H20O3. The SMILES string of the molecule is Cc1c(C)c2cc3c(c(C)c2oc1=O)OC(C)(C)CC3. The fraction of sp³-hybridized carbons (Fsp3) is 0.471. The summed E-state index contributed by atoms with van der Waals surface area (Å²) in [7, 11) is 0. The molecule has 1 aliphatic heterocycles. The molecule has 0 spiro atoms. The number of aryl methyl sites for hydroxylation is 3. The maximum atomic E-state index is 11.9. The van der Waals surface area contributed by atoms with E-state index in [1.165, 1.54) is 5.56 Å². The van der Waals surface area contributed by atoms with E-state index < -0.39 is 0 Å². The lowest BCUT2D eigenvalue weighted by molar-refractivity contribution is 0.0838. The average molecular weight is 272 g/mol. The molecule has 0 N–H and O–H groups in total. The van der Waals surface area contributed by atoms with Gasteiger partial charge in [0.25, 0.3) is 0 Å². The van der Waals surface area contributed by atoms with Crippen molar-refractivity contribution in [2.75, 3.05) is 0 Å². The molecule has 0 radical (unpaired) electrons. The van der Waals surface area contributed by atoms with Gasteiger partial charge in [-0.1, -0.05) is 0 Å². The lowest BCUT2D eigenvalue weighted by Crippen LogP contribution is -2.33. The summed E-state index contributed by atoms with van der Waals surface area (Å²) < 4.78 is 11.6. The van der Waals surface area contributed by atoms with Crippen LogP contribution in [0.15, 0.2) is 15.3 Å². The van der Waals surface area contributed by atoms with E-state index in [1.807, 2.05) is 20.8 Å². The Morgan fingerprint density at radius 3 is 2.50 bits per heavy atom. The zero-order chi connectivity index (χ0) is 14.7. The van der Waals surface area contributed by atoms with E-state index >= 15 is 0 Å². The predicted octanol–water partition coefficient (Wildman–Crippen LogP) is 3.82. The molecule has 2 heterocycles. The zero-order valence-corrected chi connectivity index (χ0v) is 12.7. The molecule has 0 saturated carbocycles. The summed E-state index contributed by atoms with van der Waals surface area (Å²) in [5.74, 6) is 0.889. The fourth-order valence-corrected chi connectivity index (χ4v) is 2.88. The lowest BCUT2D eigenvalue weighted by atomic mass is 9.91. The molecule has 3 heteroatoms. The van der Waals surface area contributed by atoms with Crippen molar-refractivity contribution < 1.29 is 9.15 Å². The van der Waals surface area contributed by atoms with Crippen LogP contribution in [0.3, 0.4) is 0 Å². The van der Waals surface area contributed by atoms with Crippen LogP contribution in [0.4, 0.5) is 0 Å². The van der Waals surface area contributed by atoms with Crippen molar-refractivity contribution in [3.8, 4) is 5.75 Å². The molecule has 1 aromatic carbocycles. The molecule has 0 saturated heterocycles. The van der Waals surface area contributed by atoms with E-state index in [1.54, 1.807) is 0 Å². The van der Waals surface area contributed by atoms with Gasteiger partial charge < -0.3 is 9.15 Å². The highest BCUT2D eigenvalue weighted by Crippen LogP contribution is 2.40. The number of hydrogen-bond acceptors (Lipinski definition) is 3. The van der Waals surface area contributed by atoms with E-state index in [0.29, 0.717) is 11.1 Å². The van der Waals surface area contributed by atoms with Gasteiger partial charge in [-0.25, -0.2) is 4.79 Å². The molecule has 0 atom stereocenters. The van der Waals surface area contributed by atoms with Gasteiger partial charge in [-0.3, -0.25) is 0 Å². The molecule has 3 rings (SSSR count). The van der Waals surface area contributed by atoms with E-state index in [4.69, 9.17) is 9.15 Å². The first-order valence-electron chi connectivity index (χ1n) is 7.06. The number of ether oxygens (including phenoxy) is 1. The number of benzene rings is 1. The van der Waals surface area contributed by atoms with Gasteiger partial charge in [0.1, 0.15) is 16.9 Å². The first-order chi connectivity index (χ1) is 9.30. The molecule has 0 aliphatic carbocycles. The van der Waals surface area contributed by atoms with E-state index in [0.717, 1.165) is 35.1 Å². The van der Waals surface area contributed by atoms with Crippen LogP contribution in [0.2, 0.25) is 0 Å². The third-order valence-electron chi connectivity index (χ3n) is 4.38. The Morgan fingerprint density at radius 1 is 1.10 bits per heavy atom. The van der Waals surface area contributed by atoms with Gasteiger partial charge in [0, 0.05) is 16.5 Å². The highest BCUT2D eigenvalue weighted by atomic mass is 16.5. The third kappa shape index (κ3) is 1.84. The monoisotopic (exact) mass is 272 g/mol. The van der Waals surface area contributed by atoms with Crippen molar-refractivity contribution in [2.24, 2.45) is 0 Å². The van der Waals surface area contributed by atoms with Crippen molar-refractivity contribution in [1.29, 1.82) is 0 Å². The summed E-state index contributed by atoms with van der Waals surface area (Å²) in [5, 5.41) is 1.03. The Hall–Kier alpha value is -1.77. The highest BCUT2D eigenvalue weighted by Gasteiger charge is 2.29. The minimum Gasteiger partial charge on any atom is -0.487 e. The minimum atomic E-state index is -0.256. The highest BCUT2D eigenvalue weighted by molar-refractivity contribution is 5.87. The molecule has 1 aliphatic rings. The van der Waals surface area contributed by atoms with Crippen LogP contribution in [-0.2, 0) is 6.42 Å². The van der Waals surface area contributed by atoms with Crippen LogP contribution < -0.4 is 10.4 Å². The number of rotatable bonds is 0. The topological polar surface area (TPSA) is 39.4 Å². The second-order valence-corrected chi connectivity index (χ2v) is 6.37. The molecule has 2 aromatic rings. The molecule has 20 heavy (non-hydrogen) atoms. The Morgan fingerprint density at radius 2 is 1.80 bits per heavy atom. The van der Waals surface area contributed by atoms with Crippen LogP contribution in [0.1, 0.15) is 42.5 Å². The summed E-state index contributed by atoms with van der Waals surface area (Å²) in [6.45, 7) is 9.95. The van der Waals surface area contributed by atoms with Gasteiger partial charge in [-0.05, 0) is 64.7 Å². The zero-order valence-electron chi connectivity index (χ0n) is 12.7. The number of hydrogen-bond donors (Lipinski definition) is 0. The summed E-state index contributed by atoms with van der Waals surface area (Å²) >= 11 is 0. The first-order valence-corrected chi connectivity index (χ1v) is 7.06. The molecule has 0 bridgehead atoms. The molecule has 106 valence electrons. The van der Waals surface area contributed by atoms with Crippen LogP contribution >= 0.6 is 0 Å². The Labute approximate surface area is 118 Å². The Kier molecular flexibility index (Phi) is 2.72. The average Bonchev–Trinajstić information content (AvgIpc) is 2.38. The van der Waals surface area contributed by atoms with Crippen molar-refractivity contribution in [3.05, 3.63) is 38.7 Å². The van der Waals surface area contributed by atoms with Gasteiger partial charge in [0.15, 0.2) is 0 Å². The van der Waals surface area contributed by atoms with Crippen molar-refractivity contribution in [1.82, 2.24) is 0 Å². The van der Waals surface area contributed by atoms with Crippen molar-refractivity contribution in [2.45, 2.75) is 53.1 Å². The van der Waals surface area contributed by atoms with Gasteiger partial charge in [0.05, 0.1) is 0 Å².